The molecule has 8 heteroatoms. The zero-order chi connectivity index (χ0) is 24.8. The van der Waals surface area contributed by atoms with E-state index in [-0.39, 0.29) is 11.8 Å². The summed E-state index contributed by atoms with van der Waals surface area (Å²) < 4.78 is 10.8. The number of nitrogens with zero attached hydrogens (tertiary/aromatic N) is 2. The fourth-order valence-corrected chi connectivity index (χ4v) is 4.04. The number of benzene rings is 2. The first-order chi connectivity index (χ1) is 16.3. The molecule has 0 radical (unpaired) electrons. The third kappa shape index (κ3) is 5.51. The van der Waals surface area contributed by atoms with Crippen LogP contribution in [-0.4, -0.2) is 58.1 Å². The van der Waals surface area contributed by atoms with Crippen LogP contribution in [0, 0.1) is 0 Å². The van der Waals surface area contributed by atoms with E-state index in [0.29, 0.717) is 35.7 Å². The maximum Gasteiger partial charge on any atom is 0.258 e. The van der Waals surface area contributed by atoms with Gasteiger partial charge < -0.3 is 29.9 Å². The Morgan fingerprint density at radius 1 is 1.03 bits per heavy atom. The lowest BCUT2D eigenvalue weighted by Crippen LogP contribution is -2.31. The number of carbonyl (C=O) groups is 2. The van der Waals surface area contributed by atoms with E-state index in [2.05, 4.69) is 15.5 Å². The molecule has 0 saturated carbocycles. The van der Waals surface area contributed by atoms with E-state index in [1.165, 1.54) is 0 Å². The molecule has 2 amide bonds. The van der Waals surface area contributed by atoms with Gasteiger partial charge in [0.2, 0.25) is 5.91 Å². The number of anilines is 3. The smallest absolute Gasteiger partial charge is 0.258 e. The molecule has 0 spiro atoms. The number of allylic oxidation sites excluding steroid dienone is 1. The first kappa shape index (κ1) is 25.1. The number of nitrogens with one attached hydrogen (secondary N) is 2. The van der Waals surface area contributed by atoms with Gasteiger partial charge in [-0.1, -0.05) is 6.92 Å². The average molecular weight is 467 g/mol. The minimum absolute atomic E-state index is 0.0134. The third-order valence-electron chi connectivity index (χ3n) is 5.77. The Morgan fingerprint density at radius 3 is 2.24 bits per heavy atom. The fraction of sp³-hybridized carbons (Fsp3) is 0.385. The number of hydrogen-bond donors (Lipinski definition) is 2. The highest BCUT2D eigenvalue weighted by molar-refractivity contribution is 6.32. The SMILES string of the molecule is CC/C(Nc1ccc(N(CCCN(C)C)C(C)=O)cc1)=C1/C(=O)Nc2cc(OC)c(OC)cc21. The average Bonchev–Trinajstić information content (AvgIpc) is 3.13. The molecule has 0 fully saturated rings. The third-order valence-corrected chi connectivity index (χ3v) is 5.77. The molecule has 0 aliphatic carbocycles. The van der Waals surface area contributed by atoms with Crippen molar-refractivity contribution in [1.82, 2.24) is 4.90 Å². The van der Waals surface area contributed by atoms with Crippen LogP contribution in [0.5, 0.6) is 11.5 Å². The van der Waals surface area contributed by atoms with Gasteiger partial charge in [0.1, 0.15) is 0 Å². The van der Waals surface area contributed by atoms with E-state index in [1.54, 1.807) is 32.1 Å². The van der Waals surface area contributed by atoms with Gasteiger partial charge in [-0.15, -0.1) is 0 Å². The van der Waals surface area contributed by atoms with Gasteiger partial charge in [-0.25, -0.2) is 0 Å². The molecule has 0 bridgehead atoms. The van der Waals surface area contributed by atoms with Gasteiger partial charge in [0.25, 0.3) is 5.91 Å². The van der Waals surface area contributed by atoms with Crippen molar-refractivity contribution in [2.75, 3.05) is 56.9 Å². The van der Waals surface area contributed by atoms with Gasteiger partial charge in [0.05, 0.1) is 25.5 Å². The molecule has 2 aromatic rings. The second-order valence-corrected chi connectivity index (χ2v) is 8.41. The van der Waals surface area contributed by atoms with E-state index in [0.717, 1.165) is 35.6 Å². The number of carbonyl (C=O) groups excluding carboxylic acids is 2. The van der Waals surface area contributed by atoms with Crippen molar-refractivity contribution < 1.29 is 19.1 Å². The van der Waals surface area contributed by atoms with Gasteiger partial charge >= 0.3 is 0 Å². The maximum absolute atomic E-state index is 12.8. The van der Waals surface area contributed by atoms with Crippen molar-refractivity contribution in [3.05, 3.63) is 47.7 Å². The summed E-state index contributed by atoms with van der Waals surface area (Å²) in [6, 6.07) is 11.3. The molecule has 182 valence electrons. The number of amides is 2. The Bertz CT molecular complexity index is 1080. The van der Waals surface area contributed by atoms with E-state index < -0.39 is 0 Å². The van der Waals surface area contributed by atoms with Crippen LogP contribution in [0.15, 0.2) is 42.1 Å². The van der Waals surface area contributed by atoms with E-state index >= 15 is 0 Å². The molecular weight excluding hydrogens is 432 g/mol. The number of fused-ring (bicyclic) bond motifs is 1. The summed E-state index contributed by atoms with van der Waals surface area (Å²) in [6.45, 7) is 5.16. The molecule has 1 aliphatic rings. The predicted octanol–water partition coefficient (Wildman–Crippen LogP) is 4.19. The molecule has 34 heavy (non-hydrogen) atoms. The summed E-state index contributed by atoms with van der Waals surface area (Å²) in [5.74, 6) is 0.966. The van der Waals surface area contributed by atoms with Crippen LogP contribution >= 0.6 is 0 Å². The topological polar surface area (TPSA) is 83.1 Å². The highest BCUT2D eigenvalue weighted by Crippen LogP contribution is 2.42. The number of methoxy groups -OCH3 is 2. The van der Waals surface area contributed by atoms with E-state index in [9.17, 15) is 9.59 Å². The van der Waals surface area contributed by atoms with Crippen LogP contribution in [0.25, 0.3) is 5.57 Å². The van der Waals surface area contributed by atoms with Crippen LogP contribution in [-0.2, 0) is 9.59 Å². The number of hydrogen-bond acceptors (Lipinski definition) is 6. The lowest BCUT2D eigenvalue weighted by Gasteiger charge is -2.22. The normalized spacial score (nSPS) is 13.9. The second kappa shape index (κ2) is 11.1. The summed E-state index contributed by atoms with van der Waals surface area (Å²) in [7, 11) is 7.18. The molecule has 0 unspecified atom stereocenters. The van der Waals surface area contributed by atoms with Gasteiger partial charge in [0, 0.05) is 42.2 Å². The molecule has 2 aromatic carbocycles. The van der Waals surface area contributed by atoms with Crippen molar-refractivity contribution in [3.8, 4) is 11.5 Å². The molecule has 1 aliphatic heterocycles. The molecular formula is C26H34N4O4. The molecule has 3 rings (SSSR count). The first-order valence-corrected chi connectivity index (χ1v) is 11.4. The van der Waals surface area contributed by atoms with E-state index in [1.807, 2.05) is 51.4 Å². The van der Waals surface area contributed by atoms with Gasteiger partial charge in [-0.3, -0.25) is 9.59 Å². The minimum Gasteiger partial charge on any atom is -0.493 e. The standard InChI is InChI=1S/C26H34N4O4/c1-7-21(25-20-15-23(33-5)24(34-6)16-22(20)28-26(25)32)27-18-9-11-19(12-10-18)30(17(2)31)14-8-13-29(3)4/h9-12,15-16,27H,7-8,13-14H2,1-6H3,(H,28,32)/b25-21-. The monoisotopic (exact) mass is 466 g/mol. The minimum atomic E-state index is -0.171. The molecule has 0 atom stereocenters. The summed E-state index contributed by atoms with van der Waals surface area (Å²) in [5.41, 5.74) is 4.53. The van der Waals surface area contributed by atoms with Crippen molar-refractivity contribution in [3.63, 3.8) is 0 Å². The van der Waals surface area contributed by atoms with Crippen molar-refractivity contribution in [2.45, 2.75) is 26.7 Å². The Balaban J connectivity index is 1.86. The summed E-state index contributed by atoms with van der Waals surface area (Å²) in [6.07, 6.45) is 1.52. The Hall–Kier alpha value is -3.52. The lowest BCUT2D eigenvalue weighted by atomic mass is 10.0. The quantitative estimate of drug-likeness (QED) is 0.511. The first-order valence-electron chi connectivity index (χ1n) is 11.4. The highest BCUT2D eigenvalue weighted by Gasteiger charge is 2.29. The lowest BCUT2D eigenvalue weighted by molar-refractivity contribution is -0.116. The molecule has 2 N–H and O–H groups in total. The number of ether oxygens (including phenoxy) is 2. The molecule has 8 nitrogen and oxygen atoms in total. The van der Waals surface area contributed by atoms with E-state index in [4.69, 9.17) is 9.47 Å². The molecule has 0 aromatic heterocycles. The van der Waals surface area contributed by atoms with Crippen LogP contribution in [0.3, 0.4) is 0 Å². The van der Waals surface area contributed by atoms with Crippen LogP contribution in [0.4, 0.5) is 17.1 Å². The summed E-state index contributed by atoms with van der Waals surface area (Å²) in [4.78, 5) is 28.9. The predicted molar refractivity (Wildman–Crippen MR) is 137 cm³/mol. The zero-order valence-electron chi connectivity index (χ0n) is 20.8. The van der Waals surface area contributed by atoms with Crippen LogP contribution in [0.2, 0.25) is 0 Å². The van der Waals surface area contributed by atoms with Crippen molar-refractivity contribution in [1.29, 1.82) is 0 Å². The van der Waals surface area contributed by atoms with Gasteiger partial charge in [0.15, 0.2) is 11.5 Å². The maximum atomic E-state index is 12.8. The van der Waals surface area contributed by atoms with Crippen LogP contribution < -0.4 is 25.0 Å². The van der Waals surface area contributed by atoms with Gasteiger partial charge in [-0.2, -0.15) is 0 Å². The largest absolute Gasteiger partial charge is 0.493 e. The Labute approximate surface area is 201 Å². The second-order valence-electron chi connectivity index (χ2n) is 8.41. The molecule has 1 heterocycles. The van der Waals surface area contributed by atoms with Crippen molar-refractivity contribution in [2.24, 2.45) is 0 Å². The Kier molecular flexibility index (Phi) is 8.17. The Morgan fingerprint density at radius 2 is 1.68 bits per heavy atom. The fourth-order valence-electron chi connectivity index (χ4n) is 4.04. The summed E-state index contributed by atoms with van der Waals surface area (Å²) >= 11 is 0. The zero-order valence-corrected chi connectivity index (χ0v) is 20.8. The van der Waals surface area contributed by atoms with Crippen LogP contribution in [0.1, 0.15) is 32.3 Å². The van der Waals surface area contributed by atoms with Crippen molar-refractivity contribution >= 4 is 34.4 Å². The number of rotatable bonds is 10. The van der Waals surface area contributed by atoms with Gasteiger partial charge in [-0.05, 0) is 63.8 Å². The molecule has 0 saturated heterocycles. The summed E-state index contributed by atoms with van der Waals surface area (Å²) in [5, 5.41) is 6.32. The highest BCUT2D eigenvalue weighted by atomic mass is 16.5.